The average molecular weight is 421 g/mol. The summed E-state index contributed by atoms with van der Waals surface area (Å²) < 4.78 is 13.8. The number of halogens is 1. The Morgan fingerprint density at radius 3 is 2.82 bits per heavy atom. The van der Waals surface area contributed by atoms with E-state index in [0.29, 0.717) is 18.2 Å². The molecule has 128 valence electrons. The summed E-state index contributed by atoms with van der Waals surface area (Å²) in [5.74, 6) is 0. The van der Waals surface area contributed by atoms with Gasteiger partial charge in [0.15, 0.2) is 0 Å². The van der Waals surface area contributed by atoms with Crippen LogP contribution in [0.3, 0.4) is 0 Å². The van der Waals surface area contributed by atoms with Gasteiger partial charge in [0.05, 0.1) is 0 Å². The number of hydrogen-bond donors (Lipinski definition) is 0. The molecule has 0 bridgehead atoms. The Hall–Kier alpha value is 0.570. The minimum atomic E-state index is 0.212. The van der Waals surface area contributed by atoms with Gasteiger partial charge in [-0.15, -0.1) is 0 Å². The molecule has 0 aromatic heterocycles. The van der Waals surface area contributed by atoms with Crippen molar-refractivity contribution in [2.45, 2.75) is 65.3 Å². The molecule has 4 nitrogen and oxygen atoms in total. The monoisotopic (exact) mass is 421 g/mol. The molecule has 4 aliphatic rings. The first-order valence-corrected chi connectivity index (χ1v) is 11.5. The molecule has 4 aliphatic heterocycles. The van der Waals surface area contributed by atoms with Crippen molar-refractivity contribution in [3.05, 3.63) is 0 Å². The van der Waals surface area contributed by atoms with E-state index in [1.54, 1.807) is 0 Å². The van der Waals surface area contributed by atoms with E-state index in [1.165, 1.54) is 38.9 Å². The van der Waals surface area contributed by atoms with Crippen molar-refractivity contribution in [2.75, 3.05) is 39.4 Å². The summed E-state index contributed by atoms with van der Waals surface area (Å²) in [6.45, 7) is 11.6. The van der Waals surface area contributed by atoms with Crippen molar-refractivity contribution in [3.63, 3.8) is 0 Å². The van der Waals surface area contributed by atoms with Gasteiger partial charge in [-0.05, 0) is 0 Å². The van der Waals surface area contributed by atoms with Crippen LogP contribution >= 0.6 is 0 Å². The van der Waals surface area contributed by atoms with Crippen LogP contribution in [0.15, 0.2) is 0 Å². The van der Waals surface area contributed by atoms with Gasteiger partial charge >= 0.3 is 145 Å². The van der Waals surface area contributed by atoms with E-state index >= 15 is 0 Å². The second kappa shape index (κ2) is 6.82. The molecule has 0 saturated carbocycles. The van der Waals surface area contributed by atoms with Gasteiger partial charge in [0.25, 0.3) is 0 Å². The Morgan fingerprint density at radius 2 is 1.91 bits per heavy atom. The number of nitrogens with zero attached hydrogens (tertiary/aromatic N) is 2. The molecular weight excluding hydrogens is 391 g/mol. The first-order valence-electron chi connectivity index (χ1n) is 9.02. The molecule has 0 radical (unpaired) electrons. The fourth-order valence-corrected chi connectivity index (χ4v) is 8.67. The van der Waals surface area contributed by atoms with Crippen LogP contribution in [0, 0.1) is 0 Å². The Bertz CT molecular complexity index is 397. The Balaban J connectivity index is 1.28. The third-order valence-corrected chi connectivity index (χ3v) is 9.70. The van der Waals surface area contributed by atoms with E-state index < -0.39 is 0 Å². The fraction of sp³-hybridized carbons (Fsp3) is 1.00. The van der Waals surface area contributed by atoms with E-state index in [1.807, 2.05) is 0 Å². The van der Waals surface area contributed by atoms with Crippen LogP contribution in [-0.4, -0.2) is 81.3 Å². The van der Waals surface area contributed by atoms with Gasteiger partial charge in [-0.3, -0.25) is 0 Å². The van der Waals surface area contributed by atoms with Gasteiger partial charge in [-0.25, -0.2) is 0 Å². The molecule has 6 atom stereocenters. The van der Waals surface area contributed by atoms with Gasteiger partial charge in [0.2, 0.25) is 0 Å². The van der Waals surface area contributed by atoms with Crippen molar-refractivity contribution < 1.29 is 30.7 Å². The summed E-state index contributed by atoms with van der Waals surface area (Å²) in [5, 5.41) is 0. The molecule has 0 aromatic carbocycles. The van der Waals surface area contributed by atoms with Crippen LogP contribution in [0.4, 0.5) is 0 Å². The van der Waals surface area contributed by atoms with Crippen molar-refractivity contribution in [1.29, 1.82) is 0 Å². The number of fused-ring (bicyclic) bond motifs is 2. The van der Waals surface area contributed by atoms with E-state index in [9.17, 15) is 0 Å². The number of alkyl halides is 2. The third kappa shape index (κ3) is 3.34. The number of ether oxygens (including phenoxy) is 2. The maximum absolute atomic E-state index is 6.25. The van der Waals surface area contributed by atoms with Gasteiger partial charge in [-0.2, -0.15) is 0 Å². The number of hydrogen-bond acceptors (Lipinski definition) is 4. The zero-order valence-electron chi connectivity index (χ0n) is 13.9. The molecule has 4 fully saturated rings. The van der Waals surface area contributed by atoms with Crippen molar-refractivity contribution >= 4 is 0 Å². The van der Waals surface area contributed by atoms with E-state index in [0.717, 1.165) is 33.6 Å². The molecule has 4 heterocycles. The summed E-state index contributed by atoms with van der Waals surface area (Å²) in [6, 6.07) is 1.45. The standard InChI is InChI=1S/C17H30IN2O2/c1-12-7-20-8-14(6-16(20)11-21-12)18-13(2)17-9-19-5-3-4-15(19)10-22-17/h12-17H,3-11H2,1-2H3/q-1/t12-,13?,14?,15-,16?,17?/m0/s1. The van der Waals surface area contributed by atoms with Crippen molar-refractivity contribution in [3.8, 4) is 0 Å². The first-order chi connectivity index (χ1) is 10.7. The molecule has 4 saturated heterocycles. The van der Waals surface area contributed by atoms with Gasteiger partial charge in [-0.1, -0.05) is 0 Å². The normalized spacial score (nSPS) is 44.9. The first kappa shape index (κ1) is 16.1. The quantitative estimate of drug-likeness (QED) is 0.396. The zero-order valence-corrected chi connectivity index (χ0v) is 16.1. The van der Waals surface area contributed by atoms with Crippen LogP contribution in [-0.2, 0) is 9.47 Å². The average Bonchev–Trinajstić information content (AvgIpc) is 3.11. The Morgan fingerprint density at radius 1 is 1.05 bits per heavy atom. The van der Waals surface area contributed by atoms with Gasteiger partial charge in [0, 0.05) is 0 Å². The second-order valence-electron chi connectivity index (χ2n) is 7.55. The molecule has 22 heavy (non-hydrogen) atoms. The summed E-state index contributed by atoms with van der Waals surface area (Å²) in [5.41, 5.74) is 0. The van der Waals surface area contributed by atoms with Gasteiger partial charge < -0.3 is 0 Å². The Labute approximate surface area is 145 Å². The molecule has 0 aliphatic carbocycles. The van der Waals surface area contributed by atoms with E-state index in [4.69, 9.17) is 9.47 Å². The second-order valence-corrected chi connectivity index (χ2v) is 12.0. The predicted octanol–water partition coefficient (Wildman–Crippen LogP) is -1.81. The molecule has 0 N–H and O–H groups in total. The summed E-state index contributed by atoms with van der Waals surface area (Å²) >= 11 is 0.212. The minimum absolute atomic E-state index is 0.212. The molecule has 5 heteroatoms. The van der Waals surface area contributed by atoms with Crippen LogP contribution in [0.5, 0.6) is 0 Å². The molecule has 0 aromatic rings. The van der Waals surface area contributed by atoms with E-state index in [2.05, 4.69) is 23.6 Å². The number of morpholine rings is 2. The summed E-state index contributed by atoms with van der Waals surface area (Å²) in [7, 11) is 0. The Kier molecular flexibility index (Phi) is 4.98. The molecule has 4 unspecified atom stereocenters. The molecule has 0 spiro atoms. The van der Waals surface area contributed by atoms with Gasteiger partial charge in [0.1, 0.15) is 0 Å². The summed E-state index contributed by atoms with van der Waals surface area (Å²) in [4.78, 5) is 5.39. The predicted molar refractivity (Wildman–Crippen MR) is 83.0 cm³/mol. The topological polar surface area (TPSA) is 24.9 Å². The SMILES string of the molecule is CC([I-]C1CC2CO[C@@H](C)CN2C1)C1CN2CCC[C@H]2CO1. The van der Waals surface area contributed by atoms with Crippen LogP contribution in [0.2, 0.25) is 0 Å². The molecule has 4 rings (SSSR count). The summed E-state index contributed by atoms with van der Waals surface area (Å²) in [6.07, 6.45) is 5.05. The fourth-order valence-electron chi connectivity index (χ4n) is 4.55. The van der Waals surface area contributed by atoms with Crippen LogP contribution in [0.1, 0.15) is 33.1 Å². The van der Waals surface area contributed by atoms with Crippen LogP contribution < -0.4 is 21.2 Å². The molecular formula is C17H30IN2O2-. The molecule has 0 amide bonds. The number of rotatable bonds is 3. The third-order valence-electron chi connectivity index (χ3n) is 5.85. The van der Waals surface area contributed by atoms with Crippen molar-refractivity contribution in [1.82, 2.24) is 9.80 Å². The van der Waals surface area contributed by atoms with E-state index in [-0.39, 0.29) is 21.2 Å². The van der Waals surface area contributed by atoms with Crippen LogP contribution in [0.25, 0.3) is 0 Å². The van der Waals surface area contributed by atoms with Crippen molar-refractivity contribution in [2.24, 2.45) is 0 Å². The zero-order chi connectivity index (χ0) is 15.1. The maximum atomic E-state index is 6.25.